The average Bonchev–Trinajstić information content (AvgIpc) is 2.76. The third-order valence-electron chi connectivity index (χ3n) is 3.92. The number of hydrogen-bond donors (Lipinski definition) is 1. The number of aryl methyl sites for hydroxylation is 1. The SMILES string of the molecule is Cc1cc(C(=O)N2CCCOc3ccccc32)ccc1C(N)=O. The number of fused-ring (bicyclic) bond motifs is 1. The largest absolute Gasteiger partial charge is 0.491 e. The number of nitrogens with two attached hydrogens (primary N) is 1. The van der Waals surface area contributed by atoms with Crippen LogP contribution in [0.2, 0.25) is 0 Å². The lowest BCUT2D eigenvalue weighted by Crippen LogP contribution is -2.31. The summed E-state index contributed by atoms with van der Waals surface area (Å²) in [7, 11) is 0. The van der Waals surface area contributed by atoms with Gasteiger partial charge < -0.3 is 15.4 Å². The minimum atomic E-state index is -0.491. The Kier molecular flexibility index (Phi) is 4.02. The highest BCUT2D eigenvalue weighted by Crippen LogP contribution is 2.31. The van der Waals surface area contributed by atoms with Gasteiger partial charge in [0.25, 0.3) is 5.91 Å². The van der Waals surface area contributed by atoms with Crippen molar-refractivity contribution in [1.29, 1.82) is 0 Å². The van der Waals surface area contributed by atoms with E-state index in [9.17, 15) is 9.59 Å². The van der Waals surface area contributed by atoms with Crippen LogP contribution in [0.5, 0.6) is 5.75 Å². The normalized spacial score (nSPS) is 13.7. The van der Waals surface area contributed by atoms with Crippen molar-refractivity contribution in [2.75, 3.05) is 18.1 Å². The van der Waals surface area contributed by atoms with E-state index < -0.39 is 5.91 Å². The zero-order chi connectivity index (χ0) is 16.4. The predicted molar refractivity (Wildman–Crippen MR) is 87.9 cm³/mol. The van der Waals surface area contributed by atoms with Gasteiger partial charge in [0.1, 0.15) is 5.75 Å². The smallest absolute Gasteiger partial charge is 0.258 e. The first-order valence-corrected chi connectivity index (χ1v) is 7.52. The first-order valence-electron chi connectivity index (χ1n) is 7.52. The molecule has 0 atom stereocenters. The molecule has 0 radical (unpaired) electrons. The Labute approximate surface area is 134 Å². The van der Waals surface area contributed by atoms with Gasteiger partial charge in [0, 0.05) is 17.7 Å². The lowest BCUT2D eigenvalue weighted by Gasteiger charge is -2.22. The first-order chi connectivity index (χ1) is 11.1. The van der Waals surface area contributed by atoms with Crippen LogP contribution in [0.1, 0.15) is 32.7 Å². The molecule has 0 fully saturated rings. The lowest BCUT2D eigenvalue weighted by molar-refractivity contribution is 0.0980. The summed E-state index contributed by atoms with van der Waals surface area (Å²) in [6.07, 6.45) is 0.763. The molecular formula is C18H18N2O3. The number of benzene rings is 2. The Morgan fingerprint density at radius 2 is 1.96 bits per heavy atom. The number of anilines is 1. The highest BCUT2D eigenvalue weighted by atomic mass is 16.5. The number of hydrogen-bond acceptors (Lipinski definition) is 3. The Morgan fingerprint density at radius 3 is 2.70 bits per heavy atom. The van der Waals surface area contributed by atoms with E-state index in [0.29, 0.717) is 35.6 Å². The van der Waals surface area contributed by atoms with Crippen molar-refractivity contribution >= 4 is 17.5 Å². The molecule has 2 amide bonds. The molecule has 5 nitrogen and oxygen atoms in total. The van der Waals surface area contributed by atoms with Crippen LogP contribution in [0.4, 0.5) is 5.69 Å². The van der Waals surface area contributed by atoms with E-state index >= 15 is 0 Å². The van der Waals surface area contributed by atoms with E-state index in [-0.39, 0.29) is 5.91 Å². The van der Waals surface area contributed by atoms with E-state index in [0.717, 1.165) is 12.1 Å². The molecule has 2 N–H and O–H groups in total. The van der Waals surface area contributed by atoms with Crippen molar-refractivity contribution in [3.8, 4) is 5.75 Å². The maximum atomic E-state index is 12.9. The zero-order valence-corrected chi connectivity index (χ0v) is 12.9. The molecule has 0 saturated carbocycles. The van der Waals surface area contributed by atoms with Gasteiger partial charge in [-0.2, -0.15) is 0 Å². The van der Waals surface area contributed by atoms with Gasteiger partial charge in [-0.1, -0.05) is 12.1 Å². The average molecular weight is 310 g/mol. The molecule has 1 aliphatic heterocycles. The summed E-state index contributed by atoms with van der Waals surface area (Å²) in [5, 5.41) is 0. The quantitative estimate of drug-likeness (QED) is 0.926. The molecular weight excluding hydrogens is 292 g/mol. The second-order valence-corrected chi connectivity index (χ2v) is 5.52. The molecule has 5 heteroatoms. The second kappa shape index (κ2) is 6.12. The molecule has 1 heterocycles. The molecule has 0 spiro atoms. The van der Waals surface area contributed by atoms with Crippen molar-refractivity contribution < 1.29 is 14.3 Å². The van der Waals surface area contributed by atoms with Crippen LogP contribution in [0, 0.1) is 6.92 Å². The third-order valence-corrected chi connectivity index (χ3v) is 3.92. The number of carbonyl (C=O) groups excluding carboxylic acids is 2. The standard InChI is InChI=1S/C18H18N2O3/c1-12-11-13(7-8-14(12)17(19)21)18(22)20-9-4-10-23-16-6-3-2-5-15(16)20/h2-3,5-8,11H,4,9-10H2,1H3,(H2,19,21). The van der Waals surface area contributed by atoms with Crippen molar-refractivity contribution in [3.05, 3.63) is 59.2 Å². The Hall–Kier alpha value is -2.82. The van der Waals surface area contributed by atoms with Crippen LogP contribution >= 0.6 is 0 Å². The van der Waals surface area contributed by atoms with Crippen molar-refractivity contribution in [3.63, 3.8) is 0 Å². The van der Waals surface area contributed by atoms with Crippen molar-refractivity contribution in [2.45, 2.75) is 13.3 Å². The summed E-state index contributed by atoms with van der Waals surface area (Å²) in [5.41, 5.74) is 7.75. The molecule has 0 aliphatic carbocycles. The van der Waals surface area contributed by atoms with Gasteiger partial charge in [-0.3, -0.25) is 9.59 Å². The minimum absolute atomic E-state index is 0.109. The Morgan fingerprint density at radius 1 is 1.17 bits per heavy atom. The van der Waals surface area contributed by atoms with Gasteiger partial charge in [0.05, 0.1) is 12.3 Å². The third kappa shape index (κ3) is 2.90. The predicted octanol–water partition coefficient (Wildman–Crippen LogP) is 2.52. The van der Waals surface area contributed by atoms with Crippen LogP contribution in [-0.4, -0.2) is 25.0 Å². The maximum Gasteiger partial charge on any atom is 0.258 e. The molecule has 0 aromatic heterocycles. The molecule has 2 aromatic carbocycles. The fourth-order valence-electron chi connectivity index (χ4n) is 2.77. The van der Waals surface area contributed by atoms with E-state index in [1.165, 1.54) is 0 Å². The fraction of sp³-hybridized carbons (Fsp3) is 0.222. The molecule has 2 aromatic rings. The molecule has 23 heavy (non-hydrogen) atoms. The van der Waals surface area contributed by atoms with E-state index in [2.05, 4.69) is 0 Å². The van der Waals surface area contributed by atoms with Crippen LogP contribution in [0.15, 0.2) is 42.5 Å². The van der Waals surface area contributed by atoms with Crippen LogP contribution in [0.25, 0.3) is 0 Å². The van der Waals surface area contributed by atoms with Crippen molar-refractivity contribution in [2.24, 2.45) is 5.73 Å². The number of carbonyl (C=O) groups is 2. The lowest BCUT2D eigenvalue weighted by atomic mass is 10.0. The molecule has 0 unspecified atom stereocenters. The van der Waals surface area contributed by atoms with Crippen molar-refractivity contribution in [1.82, 2.24) is 0 Å². The number of primary amides is 1. The van der Waals surface area contributed by atoms with Gasteiger partial charge in [-0.15, -0.1) is 0 Å². The van der Waals surface area contributed by atoms with E-state index in [1.54, 1.807) is 30.0 Å². The molecule has 0 saturated heterocycles. The number of nitrogens with zero attached hydrogens (tertiary/aromatic N) is 1. The fourth-order valence-corrected chi connectivity index (χ4v) is 2.77. The number of ether oxygens (including phenoxy) is 1. The van der Waals surface area contributed by atoms with Gasteiger partial charge in [0.2, 0.25) is 5.91 Å². The Balaban J connectivity index is 1.97. The zero-order valence-electron chi connectivity index (χ0n) is 12.9. The van der Waals surface area contributed by atoms with Gasteiger partial charge >= 0.3 is 0 Å². The number of para-hydroxylation sites is 2. The number of amides is 2. The summed E-state index contributed by atoms with van der Waals surface area (Å²) < 4.78 is 5.68. The van der Waals surface area contributed by atoms with E-state index in [4.69, 9.17) is 10.5 Å². The summed E-state index contributed by atoms with van der Waals surface area (Å²) in [6.45, 7) is 2.95. The second-order valence-electron chi connectivity index (χ2n) is 5.52. The summed E-state index contributed by atoms with van der Waals surface area (Å²) in [4.78, 5) is 26.0. The monoisotopic (exact) mass is 310 g/mol. The summed E-state index contributed by atoms with van der Waals surface area (Å²) >= 11 is 0. The highest BCUT2D eigenvalue weighted by molar-refractivity contribution is 6.07. The molecule has 3 rings (SSSR count). The summed E-state index contributed by atoms with van der Waals surface area (Å²) in [5.74, 6) is 0.112. The maximum absolute atomic E-state index is 12.9. The first kappa shape index (κ1) is 15.1. The van der Waals surface area contributed by atoms with Gasteiger partial charge in [0.15, 0.2) is 0 Å². The highest BCUT2D eigenvalue weighted by Gasteiger charge is 2.23. The van der Waals surface area contributed by atoms with Gasteiger partial charge in [-0.05, 0) is 49.2 Å². The molecule has 1 aliphatic rings. The molecule has 0 bridgehead atoms. The summed E-state index contributed by atoms with van der Waals surface area (Å²) in [6, 6.07) is 12.5. The number of rotatable bonds is 2. The van der Waals surface area contributed by atoms with Gasteiger partial charge in [-0.25, -0.2) is 0 Å². The van der Waals surface area contributed by atoms with Crippen LogP contribution in [-0.2, 0) is 0 Å². The Bertz CT molecular complexity index is 771. The minimum Gasteiger partial charge on any atom is -0.491 e. The van der Waals surface area contributed by atoms with Crippen LogP contribution in [0.3, 0.4) is 0 Å². The molecule has 118 valence electrons. The topological polar surface area (TPSA) is 72.6 Å². The van der Waals surface area contributed by atoms with E-state index in [1.807, 2.05) is 24.3 Å². The van der Waals surface area contributed by atoms with Crippen LogP contribution < -0.4 is 15.4 Å².